The largest absolute Gasteiger partial charge is 0.313 e. The highest BCUT2D eigenvalue weighted by Gasteiger charge is 2.36. The Bertz CT molecular complexity index is 318. The summed E-state index contributed by atoms with van der Waals surface area (Å²) in [6.07, 6.45) is 11.6. The topological polar surface area (TPSA) is 18.5 Å². The highest BCUT2D eigenvalue weighted by atomic mass is 15.3. The second-order valence-corrected chi connectivity index (χ2v) is 8.13. The zero-order valence-electron chi connectivity index (χ0n) is 14.2. The Hall–Kier alpha value is -0.120. The van der Waals surface area contributed by atoms with E-state index in [1.807, 2.05) is 0 Å². The Labute approximate surface area is 131 Å². The van der Waals surface area contributed by atoms with Gasteiger partial charge in [-0.15, -0.1) is 0 Å². The second kappa shape index (κ2) is 6.97. The van der Waals surface area contributed by atoms with E-state index in [1.165, 1.54) is 84.1 Å². The summed E-state index contributed by atoms with van der Waals surface area (Å²) in [4.78, 5) is 5.28. The molecule has 1 atom stereocenters. The van der Waals surface area contributed by atoms with Gasteiger partial charge in [-0.05, 0) is 45.1 Å². The first-order valence-corrected chi connectivity index (χ1v) is 9.33. The van der Waals surface area contributed by atoms with E-state index < -0.39 is 0 Å². The van der Waals surface area contributed by atoms with E-state index in [0.717, 1.165) is 12.1 Å². The smallest absolute Gasteiger partial charge is 0.0192 e. The number of nitrogens with one attached hydrogen (secondary N) is 1. The van der Waals surface area contributed by atoms with Crippen LogP contribution in [0.2, 0.25) is 0 Å². The quantitative estimate of drug-likeness (QED) is 0.786. The van der Waals surface area contributed by atoms with Gasteiger partial charge in [0.1, 0.15) is 0 Å². The van der Waals surface area contributed by atoms with Crippen molar-refractivity contribution in [2.75, 3.05) is 39.8 Å². The van der Waals surface area contributed by atoms with Crippen LogP contribution in [0.3, 0.4) is 0 Å². The summed E-state index contributed by atoms with van der Waals surface area (Å²) in [5.74, 6) is 0. The summed E-state index contributed by atoms with van der Waals surface area (Å²) in [5.41, 5.74) is 0.564. The highest BCUT2D eigenvalue weighted by molar-refractivity contribution is 4.92. The first-order valence-electron chi connectivity index (χ1n) is 9.33. The molecule has 2 aliphatic carbocycles. The molecule has 1 unspecified atom stereocenters. The van der Waals surface area contributed by atoms with Crippen LogP contribution in [0, 0.1) is 5.41 Å². The molecule has 3 fully saturated rings. The van der Waals surface area contributed by atoms with Crippen molar-refractivity contribution >= 4 is 0 Å². The van der Waals surface area contributed by atoms with Crippen LogP contribution in [0.5, 0.6) is 0 Å². The average Bonchev–Trinajstić information content (AvgIpc) is 3.29. The molecule has 0 radical (unpaired) electrons. The molecule has 0 aromatic heterocycles. The Balaban J connectivity index is 1.59. The summed E-state index contributed by atoms with van der Waals surface area (Å²) >= 11 is 0. The van der Waals surface area contributed by atoms with Gasteiger partial charge in [0.15, 0.2) is 0 Å². The molecule has 3 nitrogen and oxygen atoms in total. The minimum Gasteiger partial charge on any atom is -0.313 e. The summed E-state index contributed by atoms with van der Waals surface area (Å²) in [7, 11) is 2.28. The summed E-state index contributed by atoms with van der Waals surface area (Å²) < 4.78 is 0. The fourth-order valence-corrected chi connectivity index (χ4v) is 4.26. The van der Waals surface area contributed by atoms with Gasteiger partial charge < -0.3 is 10.2 Å². The average molecular weight is 293 g/mol. The van der Waals surface area contributed by atoms with Crippen molar-refractivity contribution in [3.05, 3.63) is 0 Å². The maximum absolute atomic E-state index is 3.87. The minimum absolute atomic E-state index is 0.564. The molecule has 1 aliphatic heterocycles. The molecule has 1 N–H and O–H groups in total. The van der Waals surface area contributed by atoms with Gasteiger partial charge in [-0.3, -0.25) is 4.90 Å². The molecule has 21 heavy (non-hydrogen) atoms. The second-order valence-electron chi connectivity index (χ2n) is 8.13. The van der Waals surface area contributed by atoms with Crippen LogP contribution in [0.4, 0.5) is 0 Å². The summed E-state index contributed by atoms with van der Waals surface area (Å²) in [6, 6.07) is 1.58. The van der Waals surface area contributed by atoms with Crippen molar-refractivity contribution in [2.24, 2.45) is 5.41 Å². The molecule has 3 heteroatoms. The Kier molecular flexibility index (Phi) is 5.23. The summed E-state index contributed by atoms with van der Waals surface area (Å²) in [6.45, 7) is 8.78. The van der Waals surface area contributed by atoms with E-state index in [9.17, 15) is 0 Å². The molecular formula is C18H35N3. The van der Waals surface area contributed by atoms with Crippen molar-refractivity contribution in [1.29, 1.82) is 0 Å². The maximum Gasteiger partial charge on any atom is 0.0192 e. The van der Waals surface area contributed by atoms with Gasteiger partial charge >= 0.3 is 0 Å². The number of piperazine rings is 1. The lowest BCUT2D eigenvalue weighted by Crippen LogP contribution is -2.54. The number of rotatable bonds is 5. The van der Waals surface area contributed by atoms with Crippen LogP contribution >= 0.6 is 0 Å². The van der Waals surface area contributed by atoms with Gasteiger partial charge in [0.2, 0.25) is 0 Å². The number of nitrogens with zero attached hydrogens (tertiary/aromatic N) is 2. The third-order valence-corrected chi connectivity index (χ3v) is 6.11. The molecule has 122 valence electrons. The predicted octanol–water partition coefficient (Wildman–Crippen LogP) is 2.71. The first-order chi connectivity index (χ1) is 10.2. The SMILES string of the molecule is CC1CN(CC2(CNC3CC3)CCCCCC2)CCN1C. The van der Waals surface area contributed by atoms with Crippen molar-refractivity contribution in [2.45, 2.75) is 70.4 Å². The van der Waals surface area contributed by atoms with Gasteiger partial charge in [-0.2, -0.15) is 0 Å². The molecular weight excluding hydrogens is 258 g/mol. The normalized spacial score (nSPS) is 32.0. The van der Waals surface area contributed by atoms with Crippen molar-refractivity contribution in [3.63, 3.8) is 0 Å². The molecule has 1 heterocycles. The zero-order chi connectivity index (χ0) is 14.7. The Morgan fingerprint density at radius 1 is 1.05 bits per heavy atom. The van der Waals surface area contributed by atoms with Crippen molar-refractivity contribution in [3.8, 4) is 0 Å². The molecule has 0 spiro atoms. The van der Waals surface area contributed by atoms with Crippen LogP contribution in [0.15, 0.2) is 0 Å². The van der Waals surface area contributed by atoms with Crippen LogP contribution in [-0.2, 0) is 0 Å². The monoisotopic (exact) mass is 293 g/mol. The minimum atomic E-state index is 0.564. The Morgan fingerprint density at radius 2 is 1.76 bits per heavy atom. The van der Waals surface area contributed by atoms with Gasteiger partial charge in [-0.1, -0.05) is 25.7 Å². The lowest BCUT2D eigenvalue weighted by Gasteiger charge is -2.43. The molecule has 0 bridgehead atoms. The molecule has 3 rings (SSSR count). The predicted molar refractivity (Wildman–Crippen MR) is 89.7 cm³/mol. The molecule has 0 aromatic carbocycles. The highest BCUT2D eigenvalue weighted by Crippen LogP contribution is 2.36. The fraction of sp³-hybridized carbons (Fsp3) is 1.00. The molecule has 3 aliphatic rings. The first kappa shape index (κ1) is 15.8. The molecule has 1 saturated heterocycles. The third kappa shape index (κ3) is 4.43. The number of likely N-dealkylation sites (N-methyl/N-ethyl adjacent to an activating group) is 1. The van der Waals surface area contributed by atoms with E-state index >= 15 is 0 Å². The van der Waals surface area contributed by atoms with Gasteiger partial charge in [0.25, 0.3) is 0 Å². The van der Waals surface area contributed by atoms with Crippen LogP contribution in [-0.4, -0.2) is 61.7 Å². The van der Waals surface area contributed by atoms with Crippen molar-refractivity contribution < 1.29 is 0 Å². The maximum atomic E-state index is 3.87. The molecule has 0 amide bonds. The fourth-order valence-electron chi connectivity index (χ4n) is 4.26. The van der Waals surface area contributed by atoms with Crippen LogP contribution in [0.25, 0.3) is 0 Å². The van der Waals surface area contributed by atoms with E-state index in [2.05, 4.69) is 29.1 Å². The lowest BCUT2D eigenvalue weighted by molar-refractivity contribution is 0.0566. The number of hydrogen-bond acceptors (Lipinski definition) is 3. The van der Waals surface area contributed by atoms with E-state index in [-0.39, 0.29) is 0 Å². The lowest BCUT2D eigenvalue weighted by atomic mass is 9.79. The van der Waals surface area contributed by atoms with E-state index in [0.29, 0.717) is 5.41 Å². The van der Waals surface area contributed by atoms with Gasteiger partial charge in [0, 0.05) is 44.8 Å². The zero-order valence-corrected chi connectivity index (χ0v) is 14.2. The van der Waals surface area contributed by atoms with Crippen molar-refractivity contribution in [1.82, 2.24) is 15.1 Å². The Morgan fingerprint density at radius 3 is 2.38 bits per heavy atom. The van der Waals surface area contributed by atoms with E-state index in [4.69, 9.17) is 0 Å². The van der Waals surface area contributed by atoms with Gasteiger partial charge in [-0.25, -0.2) is 0 Å². The van der Waals surface area contributed by atoms with Crippen LogP contribution in [0.1, 0.15) is 58.3 Å². The summed E-state index contributed by atoms with van der Waals surface area (Å²) in [5, 5.41) is 3.87. The molecule has 2 saturated carbocycles. The molecule has 0 aromatic rings. The van der Waals surface area contributed by atoms with E-state index in [1.54, 1.807) is 0 Å². The number of hydrogen-bond donors (Lipinski definition) is 1. The standard InChI is InChI=1S/C18H35N3/c1-16-13-21(12-11-20(16)2)15-18(14-19-17-7-8-17)9-5-3-4-6-10-18/h16-17,19H,3-15H2,1-2H3. The third-order valence-electron chi connectivity index (χ3n) is 6.11. The van der Waals surface area contributed by atoms with Gasteiger partial charge in [0.05, 0.1) is 0 Å². The van der Waals surface area contributed by atoms with Crippen LogP contribution < -0.4 is 5.32 Å².